The molecule has 5 heteroatoms. The van der Waals surface area contributed by atoms with Gasteiger partial charge in [0.15, 0.2) is 5.82 Å². The predicted molar refractivity (Wildman–Crippen MR) is 39.7 cm³/mol. The Bertz CT molecular complexity index is 309. The molecule has 0 unspecified atom stereocenters. The fourth-order valence-electron chi connectivity index (χ4n) is 0.737. The summed E-state index contributed by atoms with van der Waals surface area (Å²) in [6, 6.07) is 1.73. The standard InChI is InChI=1S/C7H4N5/c1-2-9-6(10-3-1)7-11-4-8-5-12-7/h1-4H. The van der Waals surface area contributed by atoms with Gasteiger partial charge in [0, 0.05) is 12.4 Å². The first-order chi connectivity index (χ1) is 5.97. The summed E-state index contributed by atoms with van der Waals surface area (Å²) in [6.45, 7) is 0. The summed E-state index contributed by atoms with van der Waals surface area (Å²) in [6.07, 6.45) is 7.04. The van der Waals surface area contributed by atoms with Crippen LogP contribution in [-0.2, 0) is 0 Å². The number of hydrogen-bond donors (Lipinski definition) is 0. The summed E-state index contributed by atoms with van der Waals surface area (Å²) in [5.74, 6) is 0.918. The van der Waals surface area contributed by atoms with Gasteiger partial charge in [0.2, 0.25) is 12.2 Å². The van der Waals surface area contributed by atoms with Crippen LogP contribution in [0.5, 0.6) is 0 Å². The zero-order chi connectivity index (χ0) is 8.23. The molecule has 2 rings (SSSR count). The topological polar surface area (TPSA) is 64.5 Å². The monoisotopic (exact) mass is 158 g/mol. The smallest absolute Gasteiger partial charge is 0.201 e. The summed E-state index contributed by atoms with van der Waals surface area (Å²) >= 11 is 0. The van der Waals surface area contributed by atoms with Crippen molar-refractivity contribution < 1.29 is 0 Å². The van der Waals surface area contributed by atoms with Crippen LogP contribution in [0.3, 0.4) is 0 Å². The van der Waals surface area contributed by atoms with Crippen LogP contribution in [-0.4, -0.2) is 24.9 Å². The molecule has 5 nitrogen and oxygen atoms in total. The molecule has 0 atom stereocenters. The molecule has 0 fully saturated rings. The van der Waals surface area contributed by atoms with Crippen LogP contribution in [0.15, 0.2) is 24.8 Å². The van der Waals surface area contributed by atoms with Gasteiger partial charge in [-0.05, 0) is 6.07 Å². The van der Waals surface area contributed by atoms with Crippen LogP contribution < -0.4 is 0 Å². The highest BCUT2D eigenvalue weighted by molar-refractivity contribution is 5.39. The average molecular weight is 158 g/mol. The van der Waals surface area contributed by atoms with E-state index in [1.807, 2.05) is 0 Å². The zero-order valence-electron chi connectivity index (χ0n) is 6.05. The minimum Gasteiger partial charge on any atom is -0.234 e. The highest BCUT2D eigenvalue weighted by atomic mass is 15.0. The van der Waals surface area contributed by atoms with Gasteiger partial charge in [-0.2, -0.15) is 0 Å². The SMILES string of the molecule is [c]1ncnc(-c2ncccn2)n1. The minimum absolute atomic E-state index is 0.436. The Morgan fingerprint density at radius 3 is 2.50 bits per heavy atom. The molecule has 0 aliphatic carbocycles. The van der Waals surface area contributed by atoms with Crippen LogP contribution in [0.1, 0.15) is 0 Å². The number of rotatable bonds is 1. The molecule has 0 saturated heterocycles. The average Bonchev–Trinajstić information content (AvgIpc) is 2.21. The van der Waals surface area contributed by atoms with Crippen molar-refractivity contribution in [2.45, 2.75) is 0 Å². The van der Waals surface area contributed by atoms with Crippen molar-refractivity contribution in [1.29, 1.82) is 0 Å². The Labute approximate surface area is 68.6 Å². The lowest BCUT2D eigenvalue weighted by molar-refractivity contribution is 1.01. The molecule has 1 radical (unpaired) electrons. The third-order valence-corrected chi connectivity index (χ3v) is 1.22. The summed E-state index contributed by atoms with van der Waals surface area (Å²) in [5, 5.41) is 0. The Morgan fingerprint density at radius 1 is 1.00 bits per heavy atom. The van der Waals surface area contributed by atoms with Gasteiger partial charge < -0.3 is 0 Å². The van der Waals surface area contributed by atoms with E-state index in [9.17, 15) is 0 Å². The van der Waals surface area contributed by atoms with E-state index < -0.39 is 0 Å². The fraction of sp³-hybridized carbons (Fsp3) is 0. The van der Waals surface area contributed by atoms with Crippen LogP contribution in [0, 0.1) is 6.33 Å². The van der Waals surface area contributed by atoms with E-state index in [0.29, 0.717) is 11.6 Å². The molecule has 0 saturated carbocycles. The molecule has 0 N–H and O–H groups in total. The third kappa shape index (κ3) is 1.24. The van der Waals surface area contributed by atoms with Gasteiger partial charge in [-0.3, -0.25) is 0 Å². The van der Waals surface area contributed by atoms with Gasteiger partial charge in [-0.15, -0.1) is 0 Å². The van der Waals surface area contributed by atoms with Crippen molar-refractivity contribution in [3.63, 3.8) is 0 Å². The molecule has 2 aromatic rings. The van der Waals surface area contributed by atoms with E-state index >= 15 is 0 Å². The quantitative estimate of drug-likeness (QED) is 0.590. The van der Waals surface area contributed by atoms with Crippen molar-refractivity contribution in [2.24, 2.45) is 0 Å². The molecule has 2 heterocycles. The van der Waals surface area contributed by atoms with Gasteiger partial charge >= 0.3 is 0 Å². The lowest BCUT2D eigenvalue weighted by atomic mass is 10.5. The molecule has 0 amide bonds. The molecule has 57 valence electrons. The predicted octanol–water partition coefficient (Wildman–Crippen LogP) is 0.129. The lowest BCUT2D eigenvalue weighted by Crippen LogP contribution is -1.93. The summed E-state index contributed by atoms with van der Waals surface area (Å²) in [7, 11) is 0. The van der Waals surface area contributed by atoms with Crippen LogP contribution in [0.2, 0.25) is 0 Å². The third-order valence-electron chi connectivity index (χ3n) is 1.22. The molecule has 0 aliphatic rings. The number of hydrogen-bond acceptors (Lipinski definition) is 5. The van der Waals surface area contributed by atoms with E-state index in [1.165, 1.54) is 6.33 Å². The normalized spacial score (nSPS) is 9.67. The maximum atomic E-state index is 3.97. The molecule has 2 aromatic heterocycles. The van der Waals surface area contributed by atoms with Crippen molar-refractivity contribution in [2.75, 3.05) is 0 Å². The van der Waals surface area contributed by atoms with Crippen LogP contribution in [0.25, 0.3) is 11.6 Å². The minimum atomic E-state index is 0.436. The Balaban J connectivity index is 2.46. The zero-order valence-corrected chi connectivity index (χ0v) is 6.05. The number of nitrogens with zero attached hydrogens (tertiary/aromatic N) is 5. The van der Waals surface area contributed by atoms with Crippen molar-refractivity contribution in [1.82, 2.24) is 24.9 Å². The van der Waals surface area contributed by atoms with Crippen LogP contribution in [0.4, 0.5) is 0 Å². The maximum Gasteiger partial charge on any atom is 0.201 e. The van der Waals surface area contributed by atoms with Crippen molar-refractivity contribution in [3.8, 4) is 11.6 Å². The molecule has 0 aliphatic heterocycles. The first kappa shape index (κ1) is 6.78. The Kier molecular flexibility index (Phi) is 1.69. The summed E-state index contributed by atoms with van der Waals surface area (Å²) in [5.41, 5.74) is 0. The van der Waals surface area contributed by atoms with E-state index in [4.69, 9.17) is 0 Å². The van der Waals surface area contributed by atoms with Gasteiger partial charge in [0.05, 0.1) is 0 Å². The Morgan fingerprint density at radius 2 is 1.83 bits per heavy atom. The molecular weight excluding hydrogens is 154 g/mol. The molecule has 0 spiro atoms. The van der Waals surface area contributed by atoms with E-state index in [2.05, 4.69) is 31.2 Å². The first-order valence-electron chi connectivity index (χ1n) is 3.29. The second-order valence-corrected chi connectivity index (χ2v) is 1.98. The van der Waals surface area contributed by atoms with Gasteiger partial charge in [-0.1, -0.05) is 0 Å². The highest BCUT2D eigenvalue weighted by Gasteiger charge is 2.00. The van der Waals surface area contributed by atoms with Gasteiger partial charge in [0.1, 0.15) is 6.33 Å². The number of aromatic nitrogens is 5. The molecule has 0 aromatic carbocycles. The maximum absolute atomic E-state index is 3.97. The van der Waals surface area contributed by atoms with Crippen LogP contribution >= 0.6 is 0 Å². The van der Waals surface area contributed by atoms with Crippen molar-refractivity contribution >= 4 is 0 Å². The van der Waals surface area contributed by atoms with E-state index in [0.717, 1.165) is 0 Å². The molecular formula is C7H4N5. The lowest BCUT2D eigenvalue weighted by Gasteiger charge is -1.93. The van der Waals surface area contributed by atoms with Gasteiger partial charge in [-0.25, -0.2) is 24.9 Å². The van der Waals surface area contributed by atoms with Gasteiger partial charge in [0.25, 0.3) is 0 Å². The summed E-state index contributed by atoms with van der Waals surface area (Å²) in [4.78, 5) is 19.1. The van der Waals surface area contributed by atoms with E-state index in [-0.39, 0.29) is 0 Å². The molecule has 12 heavy (non-hydrogen) atoms. The fourth-order valence-corrected chi connectivity index (χ4v) is 0.737. The second-order valence-electron chi connectivity index (χ2n) is 1.98. The first-order valence-corrected chi connectivity index (χ1v) is 3.29. The largest absolute Gasteiger partial charge is 0.234 e. The van der Waals surface area contributed by atoms with Crippen molar-refractivity contribution in [3.05, 3.63) is 31.1 Å². The second kappa shape index (κ2) is 3.00. The van der Waals surface area contributed by atoms with E-state index in [1.54, 1.807) is 18.5 Å². The molecule has 0 bridgehead atoms. The highest BCUT2D eigenvalue weighted by Crippen LogP contribution is 2.02. The Hall–Kier alpha value is -1.91. The summed E-state index contributed by atoms with van der Waals surface area (Å²) < 4.78 is 0.